The Kier molecular flexibility index (Phi) is 4.37. The molecule has 8 heteroatoms. The third kappa shape index (κ3) is 3.34. The fourth-order valence-electron chi connectivity index (χ4n) is 1.31. The van der Waals surface area contributed by atoms with E-state index in [0.29, 0.717) is 18.8 Å². The van der Waals surface area contributed by atoms with Crippen LogP contribution >= 0.6 is 11.3 Å². The first-order valence-electron chi connectivity index (χ1n) is 5.49. The average Bonchev–Trinajstić information content (AvgIpc) is 2.98. The van der Waals surface area contributed by atoms with E-state index < -0.39 is 0 Å². The molecule has 7 nitrogen and oxygen atoms in total. The lowest BCUT2D eigenvalue weighted by Gasteiger charge is -2.01. The van der Waals surface area contributed by atoms with E-state index in [9.17, 15) is 4.79 Å². The van der Waals surface area contributed by atoms with Gasteiger partial charge < -0.3 is 10.4 Å². The van der Waals surface area contributed by atoms with Gasteiger partial charge in [0.25, 0.3) is 0 Å². The minimum absolute atomic E-state index is 0.0316. The Balaban J connectivity index is 1.89. The maximum Gasteiger partial charge on any atom is 0.243 e. The van der Waals surface area contributed by atoms with Gasteiger partial charge in [-0.05, 0) is 23.1 Å². The lowest BCUT2D eigenvalue weighted by atomic mass is 10.4. The molecule has 96 valence electrons. The highest BCUT2D eigenvalue weighted by Crippen LogP contribution is 2.19. The lowest BCUT2D eigenvalue weighted by Crippen LogP contribution is -2.29. The molecule has 0 aliphatic heterocycles. The summed E-state index contributed by atoms with van der Waals surface area (Å²) in [4.78, 5) is 13.6. The maximum absolute atomic E-state index is 11.5. The van der Waals surface area contributed by atoms with Crippen molar-refractivity contribution < 1.29 is 9.90 Å². The van der Waals surface area contributed by atoms with Crippen molar-refractivity contribution in [1.29, 1.82) is 0 Å². The number of carbonyl (C=O) groups excluding carboxylic acids is 1. The van der Waals surface area contributed by atoms with Crippen LogP contribution in [0.1, 0.15) is 6.42 Å². The molecule has 18 heavy (non-hydrogen) atoms. The lowest BCUT2D eigenvalue weighted by molar-refractivity contribution is -0.122. The second-order valence-corrected chi connectivity index (χ2v) is 4.50. The van der Waals surface area contributed by atoms with Gasteiger partial charge in [-0.15, -0.1) is 21.5 Å². The van der Waals surface area contributed by atoms with Crippen LogP contribution in [0.4, 0.5) is 0 Å². The number of rotatable bonds is 6. The molecule has 0 aliphatic rings. The predicted molar refractivity (Wildman–Crippen MR) is 65.8 cm³/mol. The molecule has 0 saturated heterocycles. The highest BCUT2D eigenvalue weighted by Gasteiger charge is 2.09. The van der Waals surface area contributed by atoms with Gasteiger partial charge in [-0.25, -0.2) is 0 Å². The predicted octanol–water partition coefficient (Wildman–Crippen LogP) is -0.0998. The molecule has 2 rings (SSSR count). The number of aromatic nitrogens is 4. The zero-order valence-electron chi connectivity index (χ0n) is 9.61. The number of hydrogen-bond acceptors (Lipinski definition) is 6. The summed E-state index contributed by atoms with van der Waals surface area (Å²) >= 11 is 1.52. The van der Waals surface area contributed by atoms with Gasteiger partial charge in [0.05, 0.1) is 4.88 Å². The summed E-state index contributed by atoms with van der Waals surface area (Å²) in [6, 6.07) is 3.80. The van der Waals surface area contributed by atoms with Crippen LogP contribution in [-0.2, 0) is 11.3 Å². The fraction of sp³-hybridized carbons (Fsp3) is 0.400. The Morgan fingerprint density at radius 2 is 2.44 bits per heavy atom. The molecule has 0 radical (unpaired) electrons. The van der Waals surface area contributed by atoms with Gasteiger partial charge in [-0.1, -0.05) is 6.07 Å². The third-order valence-corrected chi connectivity index (χ3v) is 3.00. The van der Waals surface area contributed by atoms with Gasteiger partial charge in [0.15, 0.2) is 0 Å². The summed E-state index contributed by atoms with van der Waals surface area (Å²) in [5, 5.41) is 25.0. The summed E-state index contributed by atoms with van der Waals surface area (Å²) in [6.45, 7) is 0.538. The highest BCUT2D eigenvalue weighted by atomic mass is 32.1. The van der Waals surface area contributed by atoms with Crippen molar-refractivity contribution in [2.75, 3.05) is 13.2 Å². The number of aliphatic hydroxyl groups excluding tert-OH is 1. The van der Waals surface area contributed by atoms with Crippen molar-refractivity contribution in [3.8, 4) is 10.7 Å². The zero-order valence-corrected chi connectivity index (χ0v) is 10.4. The van der Waals surface area contributed by atoms with Crippen molar-refractivity contribution in [3.05, 3.63) is 17.5 Å². The normalized spacial score (nSPS) is 10.5. The van der Waals surface area contributed by atoms with Gasteiger partial charge in [-0.2, -0.15) is 4.80 Å². The molecule has 2 aromatic heterocycles. The average molecular weight is 267 g/mol. The Bertz CT molecular complexity index is 496. The smallest absolute Gasteiger partial charge is 0.243 e. The minimum Gasteiger partial charge on any atom is -0.396 e. The van der Waals surface area contributed by atoms with Gasteiger partial charge in [0.1, 0.15) is 6.54 Å². The third-order valence-electron chi connectivity index (χ3n) is 2.14. The molecule has 0 saturated carbocycles. The molecule has 1 amide bonds. The number of carbonyl (C=O) groups is 1. The molecule has 0 bridgehead atoms. The van der Waals surface area contributed by atoms with Crippen LogP contribution in [0.3, 0.4) is 0 Å². The zero-order chi connectivity index (χ0) is 12.8. The van der Waals surface area contributed by atoms with E-state index in [1.54, 1.807) is 0 Å². The topological polar surface area (TPSA) is 92.9 Å². The molecule has 2 N–H and O–H groups in total. The van der Waals surface area contributed by atoms with Crippen LogP contribution in [0, 0.1) is 0 Å². The summed E-state index contributed by atoms with van der Waals surface area (Å²) in [5.41, 5.74) is 0. The van der Waals surface area contributed by atoms with E-state index >= 15 is 0 Å². The first-order chi connectivity index (χ1) is 8.79. The number of amides is 1. The molecular weight excluding hydrogens is 254 g/mol. The SMILES string of the molecule is O=C(Cn1nnc(-c2cccs2)n1)NCCCO. The van der Waals surface area contributed by atoms with Crippen LogP contribution < -0.4 is 5.32 Å². The van der Waals surface area contributed by atoms with Crippen LogP contribution in [0.2, 0.25) is 0 Å². The van der Waals surface area contributed by atoms with Crippen molar-refractivity contribution in [3.63, 3.8) is 0 Å². The van der Waals surface area contributed by atoms with Gasteiger partial charge >= 0.3 is 0 Å². The second kappa shape index (κ2) is 6.22. The molecule has 2 heterocycles. The summed E-state index contributed by atoms with van der Waals surface area (Å²) in [6.07, 6.45) is 0.539. The molecule has 0 fully saturated rings. The van der Waals surface area contributed by atoms with E-state index in [1.807, 2.05) is 17.5 Å². The van der Waals surface area contributed by atoms with E-state index in [2.05, 4.69) is 20.7 Å². The highest BCUT2D eigenvalue weighted by molar-refractivity contribution is 7.13. The molecule has 0 spiro atoms. The maximum atomic E-state index is 11.5. The van der Waals surface area contributed by atoms with Crippen molar-refractivity contribution >= 4 is 17.2 Å². The minimum atomic E-state index is -0.196. The molecule has 0 aliphatic carbocycles. The summed E-state index contributed by atoms with van der Waals surface area (Å²) in [7, 11) is 0. The van der Waals surface area contributed by atoms with Gasteiger partial charge in [0, 0.05) is 13.2 Å². The van der Waals surface area contributed by atoms with Crippen LogP contribution in [0.5, 0.6) is 0 Å². The van der Waals surface area contributed by atoms with E-state index in [-0.39, 0.29) is 19.1 Å². The Morgan fingerprint density at radius 3 is 3.17 bits per heavy atom. The van der Waals surface area contributed by atoms with Crippen molar-refractivity contribution in [2.24, 2.45) is 0 Å². The number of tetrazole rings is 1. The fourth-order valence-corrected chi connectivity index (χ4v) is 1.95. The second-order valence-electron chi connectivity index (χ2n) is 3.55. The number of nitrogens with one attached hydrogen (secondary N) is 1. The summed E-state index contributed by atoms with van der Waals surface area (Å²) < 4.78 is 0. The quantitative estimate of drug-likeness (QED) is 0.713. The first kappa shape index (κ1) is 12.7. The molecule has 0 atom stereocenters. The number of nitrogens with zero attached hydrogens (tertiary/aromatic N) is 4. The van der Waals surface area contributed by atoms with E-state index in [1.165, 1.54) is 16.1 Å². The standard InChI is InChI=1S/C10H13N5O2S/c16-5-2-4-11-9(17)7-15-13-10(12-14-15)8-3-1-6-18-8/h1,3,6,16H,2,4-5,7H2,(H,11,17). The van der Waals surface area contributed by atoms with Crippen LogP contribution in [-0.4, -0.2) is 44.4 Å². The van der Waals surface area contributed by atoms with Crippen molar-refractivity contribution in [1.82, 2.24) is 25.5 Å². The van der Waals surface area contributed by atoms with E-state index in [0.717, 1.165) is 4.88 Å². The molecule has 0 aromatic carbocycles. The molecule has 2 aromatic rings. The van der Waals surface area contributed by atoms with Crippen molar-refractivity contribution in [2.45, 2.75) is 13.0 Å². The Morgan fingerprint density at radius 1 is 1.56 bits per heavy atom. The molecule has 0 unspecified atom stereocenters. The number of aliphatic hydroxyl groups is 1. The largest absolute Gasteiger partial charge is 0.396 e. The molecular formula is C10H13N5O2S. The monoisotopic (exact) mass is 267 g/mol. The van der Waals surface area contributed by atoms with Crippen LogP contribution in [0.25, 0.3) is 10.7 Å². The van der Waals surface area contributed by atoms with Crippen LogP contribution in [0.15, 0.2) is 17.5 Å². The number of thiophene rings is 1. The van der Waals surface area contributed by atoms with Gasteiger partial charge in [0.2, 0.25) is 11.7 Å². The summed E-state index contributed by atoms with van der Waals surface area (Å²) in [5.74, 6) is 0.326. The van der Waals surface area contributed by atoms with E-state index in [4.69, 9.17) is 5.11 Å². The number of hydrogen-bond donors (Lipinski definition) is 2. The first-order valence-corrected chi connectivity index (χ1v) is 6.37. The Labute approximate surface area is 107 Å². The Hall–Kier alpha value is -1.80. The van der Waals surface area contributed by atoms with Gasteiger partial charge in [-0.3, -0.25) is 4.79 Å².